The van der Waals surface area contributed by atoms with E-state index in [1.807, 2.05) is 6.08 Å². The molecule has 0 heteroatoms. The first kappa shape index (κ1) is 13.1. The van der Waals surface area contributed by atoms with Gasteiger partial charge in [-0.25, -0.2) is 0 Å². The van der Waals surface area contributed by atoms with E-state index in [2.05, 4.69) is 32.9 Å². The van der Waals surface area contributed by atoms with Crippen LogP contribution in [0.1, 0.15) is 0 Å². The SMILES string of the molecule is C=CC=C.C=CC=C(C=C)C=C. The van der Waals surface area contributed by atoms with Gasteiger partial charge in [-0.1, -0.05) is 69.4 Å². The molecule has 0 saturated heterocycles. The molecule has 64 valence electrons. The summed E-state index contributed by atoms with van der Waals surface area (Å²) in [6.07, 6.45) is 10.3. The van der Waals surface area contributed by atoms with Crippen molar-refractivity contribution >= 4 is 0 Å². The maximum Gasteiger partial charge on any atom is -0.0269 e. The maximum atomic E-state index is 3.56. The summed E-state index contributed by atoms with van der Waals surface area (Å²) in [6.45, 7) is 17.4. The number of hydrogen-bond donors (Lipinski definition) is 0. The van der Waals surface area contributed by atoms with Crippen LogP contribution in [0.2, 0.25) is 0 Å². The minimum absolute atomic E-state index is 1.00. The average molecular weight is 160 g/mol. The molecule has 0 saturated carbocycles. The molecule has 0 radical (unpaired) electrons. The predicted octanol–water partition coefficient (Wildman–Crippen LogP) is 3.83. The molecule has 0 N–H and O–H groups in total. The van der Waals surface area contributed by atoms with Crippen molar-refractivity contribution in [2.45, 2.75) is 0 Å². The van der Waals surface area contributed by atoms with Crippen LogP contribution >= 0.6 is 0 Å². The van der Waals surface area contributed by atoms with Crippen LogP contribution in [-0.2, 0) is 0 Å². The summed E-state index contributed by atoms with van der Waals surface area (Å²) in [5.41, 5.74) is 1.00. The lowest BCUT2D eigenvalue weighted by molar-refractivity contribution is 1.73. The molecule has 0 aliphatic rings. The van der Waals surface area contributed by atoms with Crippen LogP contribution < -0.4 is 0 Å². The lowest BCUT2D eigenvalue weighted by Gasteiger charge is -1.83. The summed E-state index contributed by atoms with van der Waals surface area (Å²) in [5, 5.41) is 0. The van der Waals surface area contributed by atoms with Gasteiger partial charge in [0.2, 0.25) is 0 Å². The first-order valence-electron chi connectivity index (χ1n) is 3.57. The van der Waals surface area contributed by atoms with Crippen LogP contribution in [0.5, 0.6) is 0 Å². The number of hydrogen-bond acceptors (Lipinski definition) is 0. The first-order valence-corrected chi connectivity index (χ1v) is 3.57. The zero-order chi connectivity index (χ0) is 9.82. The molecular formula is C12H16. The van der Waals surface area contributed by atoms with Crippen molar-refractivity contribution < 1.29 is 0 Å². The van der Waals surface area contributed by atoms with Gasteiger partial charge < -0.3 is 0 Å². The quantitative estimate of drug-likeness (QED) is 0.548. The highest BCUT2D eigenvalue weighted by Crippen LogP contribution is 1.94. The van der Waals surface area contributed by atoms with Crippen molar-refractivity contribution in [1.82, 2.24) is 0 Å². The molecule has 0 rings (SSSR count). The third-order valence-electron chi connectivity index (χ3n) is 0.948. The van der Waals surface area contributed by atoms with Crippen molar-refractivity contribution in [3.05, 3.63) is 74.9 Å². The van der Waals surface area contributed by atoms with Crippen LogP contribution in [0.3, 0.4) is 0 Å². The van der Waals surface area contributed by atoms with Crippen LogP contribution in [0.25, 0.3) is 0 Å². The van der Waals surface area contributed by atoms with Crippen LogP contribution in [0.4, 0.5) is 0 Å². The highest BCUT2D eigenvalue weighted by molar-refractivity contribution is 5.30. The van der Waals surface area contributed by atoms with Crippen molar-refractivity contribution in [1.29, 1.82) is 0 Å². The van der Waals surface area contributed by atoms with Gasteiger partial charge >= 0.3 is 0 Å². The molecule has 0 amide bonds. The maximum absolute atomic E-state index is 3.56. The Morgan fingerprint density at radius 3 is 1.17 bits per heavy atom. The Kier molecular flexibility index (Phi) is 13.2. The molecule has 0 nitrogen and oxygen atoms in total. The van der Waals surface area contributed by atoms with Gasteiger partial charge in [0.1, 0.15) is 0 Å². The second kappa shape index (κ2) is 12.1. The standard InChI is InChI=1S/C8H10.C4H6/c1-4-7-8(5-2)6-3;1-3-4-2/h4-7H,1-3H2;3-4H,1-2H2. The Labute approximate surface area is 75.6 Å². The van der Waals surface area contributed by atoms with E-state index in [9.17, 15) is 0 Å². The Bertz CT molecular complexity index is 176. The molecule has 12 heavy (non-hydrogen) atoms. The van der Waals surface area contributed by atoms with E-state index >= 15 is 0 Å². The van der Waals surface area contributed by atoms with Crippen molar-refractivity contribution in [2.75, 3.05) is 0 Å². The number of allylic oxidation sites excluding steroid dienone is 7. The summed E-state index contributed by atoms with van der Waals surface area (Å²) in [5.74, 6) is 0. The van der Waals surface area contributed by atoms with Crippen molar-refractivity contribution in [3.8, 4) is 0 Å². The molecule has 0 spiro atoms. The van der Waals surface area contributed by atoms with Crippen molar-refractivity contribution in [3.63, 3.8) is 0 Å². The lowest BCUT2D eigenvalue weighted by Crippen LogP contribution is -1.63. The zero-order valence-corrected chi connectivity index (χ0v) is 7.50. The van der Waals surface area contributed by atoms with Gasteiger partial charge in [0.15, 0.2) is 0 Å². The molecule has 0 fully saturated rings. The van der Waals surface area contributed by atoms with Gasteiger partial charge in [-0.15, -0.1) is 0 Å². The highest BCUT2D eigenvalue weighted by Gasteiger charge is 1.73. The third kappa shape index (κ3) is 11.3. The Morgan fingerprint density at radius 2 is 1.08 bits per heavy atom. The minimum atomic E-state index is 1.00. The predicted molar refractivity (Wildman–Crippen MR) is 59.1 cm³/mol. The Hall–Kier alpha value is -1.56. The summed E-state index contributed by atoms with van der Waals surface area (Å²) < 4.78 is 0. The largest absolute Gasteiger partial charge is 0.0991 e. The first-order chi connectivity index (χ1) is 5.76. The van der Waals surface area contributed by atoms with Crippen LogP contribution in [-0.4, -0.2) is 0 Å². The second-order valence-corrected chi connectivity index (χ2v) is 1.78. The van der Waals surface area contributed by atoms with E-state index in [-0.39, 0.29) is 0 Å². The monoisotopic (exact) mass is 160 g/mol. The fourth-order valence-electron chi connectivity index (χ4n) is 0.355. The van der Waals surface area contributed by atoms with Crippen LogP contribution in [0.15, 0.2) is 74.9 Å². The molecular weight excluding hydrogens is 144 g/mol. The minimum Gasteiger partial charge on any atom is -0.0991 e. The number of rotatable bonds is 4. The molecule has 0 aliphatic heterocycles. The normalized spacial score (nSPS) is 6.33. The third-order valence-corrected chi connectivity index (χ3v) is 0.948. The van der Waals surface area contributed by atoms with Gasteiger partial charge in [0.25, 0.3) is 0 Å². The molecule has 0 heterocycles. The van der Waals surface area contributed by atoms with Gasteiger partial charge in [-0.2, -0.15) is 0 Å². The molecule has 0 atom stereocenters. The molecule has 0 unspecified atom stereocenters. The molecule has 0 aromatic carbocycles. The Balaban J connectivity index is 0. The van der Waals surface area contributed by atoms with E-state index in [4.69, 9.17) is 0 Å². The smallest absolute Gasteiger partial charge is 0.0269 e. The van der Waals surface area contributed by atoms with E-state index in [0.29, 0.717) is 0 Å². The van der Waals surface area contributed by atoms with E-state index in [1.165, 1.54) is 0 Å². The van der Waals surface area contributed by atoms with E-state index in [0.717, 1.165) is 5.57 Å². The fourth-order valence-corrected chi connectivity index (χ4v) is 0.355. The fraction of sp³-hybridized carbons (Fsp3) is 0. The van der Waals surface area contributed by atoms with E-state index in [1.54, 1.807) is 30.4 Å². The molecule has 0 aliphatic carbocycles. The highest BCUT2D eigenvalue weighted by atomic mass is 13.8. The van der Waals surface area contributed by atoms with Crippen molar-refractivity contribution in [2.24, 2.45) is 0 Å². The van der Waals surface area contributed by atoms with Gasteiger partial charge in [0, 0.05) is 0 Å². The van der Waals surface area contributed by atoms with Gasteiger partial charge in [0.05, 0.1) is 0 Å². The molecule has 0 aromatic rings. The van der Waals surface area contributed by atoms with Gasteiger partial charge in [-0.3, -0.25) is 0 Å². The summed E-state index contributed by atoms with van der Waals surface area (Å²) in [6, 6.07) is 0. The zero-order valence-electron chi connectivity index (χ0n) is 7.50. The lowest BCUT2D eigenvalue weighted by atomic mass is 10.2. The average Bonchev–Trinajstić information content (AvgIpc) is 2.14. The molecule has 0 bridgehead atoms. The molecule has 0 aromatic heterocycles. The van der Waals surface area contributed by atoms with Gasteiger partial charge in [-0.05, 0) is 5.57 Å². The Morgan fingerprint density at radius 1 is 0.667 bits per heavy atom. The second-order valence-electron chi connectivity index (χ2n) is 1.78. The summed E-state index contributed by atoms with van der Waals surface area (Å²) in [4.78, 5) is 0. The summed E-state index contributed by atoms with van der Waals surface area (Å²) in [7, 11) is 0. The van der Waals surface area contributed by atoms with Crippen LogP contribution in [0, 0.1) is 0 Å². The van der Waals surface area contributed by atoms with E-state index < -0.39 is 0 Å². The summed E-state index contributed by atoms with van der Waals surface area (Å²) >= 11 is 0. The topological polar surface area (TPSA) is 0 Å².